The Labute approximate surface area is 211 Å². The van der Waals surface area contributed by atoms with Gasteiger partial charge in [-0.15, -0.1) is 0 Å². The molecule has 0 fully saturated rings. The number of furan rings is 1. The average molecular weight is 584 g/mol. The van der Waals surface area contributed by atoms with Gasteiger partial charge < -0.3 is 34.3 Å². The van der Waals surface area contributed by atoms with E-state index in [4.69, 9.17) is 19.0 Å². The van der Waals surface area contributed by atoms with Crippen molar-refractivity contribution in [3.8, 4) is 5.75 Å². The highest BCUT2D eigenvalue weighted by atomic mass is 127. The summed E-state index contributed by atoms with van der Waals surface area (Å²) in [5.74, 6) is -0.152. The minimum atomic E-state index is -1.11. The molecule has 0 spiro atoms. The molecule has 184 valence electrons. The molecule has 0 aliphatic heterocycles. The molecule has 3 N–H and O–H groups in total. The van der Waals surface area contributed by atoms with E-state index in [0.29, 0.717) is 17.9 Å². The number of carbonyl (C=O) groups excluding carboxylic acids is 2. The molecule has 0 saturated heterocycles. The third kappa shape index (κ3) is 6.81. The SMILES string of the molecule is CCOCC(=O)N(Cc1ccoc1)[C@@H]1CC(C(=O)NCCO)=C[C@H](Oc2ccccc2I)[C@H]1O. The predicted octanol–water partition coefficient (Wildman–Crippen LogP) is 1.86. The van der Waals surface area contributed by atoms with Crippen LogP contribution in [0.1, 0.15) is 18.9 Å². The molecule has 0 unspecified atom stereocenters. The van der Waals surface area contributed by atoms with E-state index in [1.165, 1.54) is 17.4 Å². The second-order valence-electron chi connectivity index (χ2n) is 7.74. The Kier molecular flexibility index (Phi) is 9.93. The topological polar surface area (TPSA) is 121 Å². The van der Waals surface area contributed by atoms with Gasteiger partial charge in [0.2, 0.25) is 11.8 Å². The number of carbonyl (C=O) groups is 2. The third-order valence-electron chi connectivity index (χ3n) is 5.40. The van der Waals surface area contributed by atoms with E-state index >= 15 is 0 Å². The molecule has 1 aliphatic carbocycles. The summed E-state index contributed by atoms with van der Waals surface area (Å²) in [5.41, 5.74) is 1.11. The summed E-state index contributed by atoms with van der Waals surface area (Å²) in [7, 11) is 0. The number of nitrogens with zero attached hydrogens (tertiary/aromatic N) is 1. The molecule has 2 aromatic rings. The van der Waals surface area contributed by atoms with Gasteiger partial charge in [-0.05, 0) is 53.8 Å². The van der Waals surface area contributed by atoms with E-state index < -0.39 is 18.2 Å². The van der Waals surface area contributed by atoms with Crippen molar-refractivity contribution in [2.75, 3.05) is 26.4 Å². The second-order valence-corrected chi connectivity index (χ2v) is 8.90. The molecule has 2 amide bonds. The van der Waals surface area contributed by atoms with Crippen molar-refractivity contribution in [1.82, 2.24) is 10.2 Å². The van der Waals surface area contributed by atoms with Crippen LogP contribution in [0, 0.1) is 3.57 Å². The minimum absolute atomic E-state index is 0.0908. The Morgan fingerprint density at radius 3 is 2.76 bits per heavy atom. The molecule has 1 heterocycles. The van der Waals surface area contributed by atoms with Crippen LogP contribution < -0.4 is 10.1 Å². The summed E-state index contributed by atoms with van der Waals surface area (Å²) >= 11 is 2.13. The number of aliphatic hydroxyl groups excluding tert-OH is 2. The molecule has 1 aromatic heterocycles. The first kappa shape index (κ1) is 26.2. The van der Waals surface area contributed by atoms with Crippen LogP contribution in [-0.2, 0) is 20.9 Å². The molecule has 1 aliphatic rings. The maximum Gasteiger partial charge on any atom is 0.249 e. The monoisotopic (exact) mass is 584 g/mol. The Hall–Kier alpha value is -2.41. The fraction of sp³-hybridized carbons (Fsp3) is 0.417. The quantitative estimate of drug-likeness (QED) is 0.345. The van der Waals surface area contributed by atoms with Gasteiger partial charge in [-0.1, -0.05) is 12.1 Å². The Morgan fingerprint density at radius 2 is 2.09 bits per heavy atom. The first-order valence-electron chi connectivity index (χ1n) is 11.0. The van der Waals surface area contributed by atoms with Crippen LogP contribution in [0.25, 0.3) is 0 Å². The molecule has 3 rings (SSSR count). The molecule has 0 saturated carbocycles. The summed E-state index contributed by atoms with van der Waals surface area (Å²) in [6.45, 7) is 2.06. The normalized spacial score (nSPS) is 19.9. The van der Waals surface area contributed by atoms with Crippen molar-refractivity contribution in [3.05, 3.63) is 63.6 Å². The maximum absolute atomic E-state index is 13.1. The van der Waals surface area contributed by atoms with Crippen LogP contribution >= 0.6 is 22.6 Å². The van der Waals surface area contributed by atoms with Gasteiger partial charge >= 0.3 is 0 Å². The van der Waals surface area contributed by atoms with Gasteiger partial charge in [-0.2, -0.15) is 0 Å². The second kappa shape index (κ2) is 12.9. The minimum Gasteiger partial charge on any atom is -0.482 e. The molecule has 0 bridgehead atoms. The van der Waals surface area contributed by atoms with Crippen LogP contribution in [0.15, 0.2) is 58.9 Å². The number of amides is 2. The molecule has 9 nitrogen and oxygen atoms in total. The van der Waals surface area contributed by atoms with Gasteiger partial charge in [-0.3, -0.25) is 9.59 Å². The Morgan fingerprint density at radius 1 is 1.29 bits per heavy atom. The van der Waals surface area contributed by atoms with E-state index in [0.717, 1.165) is 9.13 Å². The fourth-order valence-electron chi connectivity index (χ4n) is 3.71. The van der Waals surface area contributed by atoms with Gasteiger partial charge in [-0.25, -0.2) is 0 Å². The average Bonchev–Trinajstić information content (AvgIpc) is 3.35. The number of aliphatic hydroxyl groups is 2. The zero-order valence-corrected chi connectivity index (χ0v) is 21.0. The van der Waals surface area contributed by atoms with Crippen molar-refractivity contribution >= 4 is 34.4 Å². The lowest BCUT2D eigenvalue weighted by Crippen LogP contribution is -2.55. The van der Waals surface area contributed by atoms with Crippen LogP contribution in [0.5, 0.6) is 5.75 Å². The van der Waals surface area contributed by atoms with Gasteiger partial charge in [0.15, 0.2) is 0 Å². The highest BCUT2D eigenvalue weighted by Crippen LogP contribution is 2.30. The molecule has 0 radical (unpaired) electrons. The third-order valence-corrected chi connectivity index (χ3v) is 6.29. The summed E-state index contributed by atoms with van der Waals surface area (Å²) in [6, 6.07) is 8.32. The first-order chi connectivity index (χ1) is 16.4. The number of hydrogen-bond donors (Lipinski definition) is 3. The smallest absolute Gasteiger partial charge is 0.249 e. The van der Waals surface area contributed by atoms with Gasteiger partial charge in [0, 0.05) is 37.3 Å². The van der Waals surface area contributed by atoms with Crippen LogP contribution in [0.2, 0.25) is 0 Å². The number of rotatable bonds is 11. The van der Waals surface area contributed by atoms with E-state index in [1.54, 1.807) is 25.1 Å². The number of para-hydroxylation sites is 1. The highest BCUT2D eigenvalue weighted by molar-refractivity contribution is 14.1. The van der Waals surface area contributed by atoms with Crippen LogP contribution in [-0.4, -0.2) is 71.5 Å². The molecule has 34 heavy (non-hydrogen) atoms. The fourth-order valence-corrected chi connectivity index (χ4v) is 4.22. The van der Waals surface area contributed by atoms with Crippen molar-refractivity contribution in [3.63, 3.8) is 0 Å². The van der Waals surface area contributed by atoms with Crippen LogP contribution in [0.3, 0.4) is 0 Å². The Balaban J connectivity index is 1.93. The number of benzene rings is 1. The van der Waals surface area contributed by atoms with Gasteiger partial charge in [0.1, 0.15) is 24.6 Å². The number of hydrogen-bond acceptors (Lipinski definition) is 7. The predicted molar refractivity (Wildman–Crippen MR) is 132 cm³/mol. The number of nitrogens with one attached hydrogen (secondary N) is 1. The van der Waals surface area contributed by atoms with E-state index in [2.05, 4.69) is 27.9 Å². The molecular formula is C24H29IN2O7. The lowest BCUT2D eigenvalue weighted by atomic mass is 9.88. The summed E-state index contributed by atoms with van der Waals surface area (Å²) in [5, 5.41) is 23.1. The van der Waals surface area contributed by atoms with E-state index in [1.807, 2.05) is 18.2 Å². The maximum atomic E-state index is 13.1. The van der Waals surface area contributed by atoms with E-state index in [9.17, 15) is 14.7 Å². The lowest BCUT2D eigenvalue weighted by Gasteiger charge is -2.40. The zero-order valence-electron chi connectivity index (χ0n) is 18.9. The number of ether oxygens (including phenoxy) is 2. The van der Waals surface area contributed by atoms with Crippen molar-refractivity contribution < 1.29 is 33.7 Å². The lowest BCUT2D eigenvalue weighted by molar-refractivity contribution is -0.144. The molecule has 1 aromatic carbocycles. The first-order valence-corrected chi connectivity index (χ1v) is 12.1. The summed E-state index contributed by atoms with van der Waals surface area (Å²) < 4.78 is 17.4. The van der Waals surface area contributed by atoms with Crippen molar-refractivity contribution in [1.29, 1.82) is 0 Å². The van der Waals surface area contributed by atoms with Gasteiger partial charge in [0.25, 0.3) is 0 Å². The van der Waals surface area contributed by atoms with Crippen molar-refractivity contribution in [2.45, 2.75) is 38.1 Å². The zero-order chi connectivity index (χ0) is 24.5. The van der Waals surface area contributed by atoms with Crippen LogP contribution in [0.4, 0.5) is 0 Å². The molecule has 10 heteroatoms. The summed E-state index contributed by atoms with van der Waals surface area (Å²) in [4.78, 5) is 27.4. The standard InChI is InChI=1S/C24H29IN2O7/c1-2-32-15-22(29)27(13-16-7-10-33-14-16)19-11-17(24(31)26-8-9-28)12-21(23(19)30)34-20-6-4-3-5-18(20)25/h3-7,10,12,14,19,21,23,28,30H,2,8-9,11,13,15H2,1H3,(H,26,31)/t19-,21+,23+/m1/s1. The Bertz CT molecular complexity index is 979. The number of halogens is 1. The highest BCUT2D eigenvalue weighted by Gasteiger charge is 2.40. The summed E-state index contributed by atoms with van der Waals surface area (Å²) in [6.07, 6.45) is 2.75. The largest absolute Gasteiger partial charge is 0.482 e. The molecule has 3 atom stereocenters. The van der Waals surface area contributed by atoms with E-state index in [-0.39, 0.29) is 44.5 Å². The molecular weight excluding hydrogens is 555 g/mol. The van der Waals surface area contributed by atoms with Gasteiger partial charge in [0.05, 0.1) is 28.7 Å². The van der Waals surface area contributed by atoms with Crippen molar-refractivity contribution in [2.24, 2.45) is 0 Å².